The summed E-state index contributed by atoms with van der Waals surface area (Å²) in [5.41, 5.74) is 0.313. The van der Waals surface area contributed by atoms with Crippen molar-refractivity contribution in [2.24, 2.45) is 5.92 Å². The van der Waals surface area contributed by atoms with E-state index in [-0.39, 0.29) is 10.8 Å². The minimum absolute atomic E-state index is 0.131. The Bertz CT molecular complexity index is 715. The number of carboxylic acid groups (broad SMARTS) is 1. The molecule has 0 aliphatic rings. The van der Waals surface area contributed by atoms with Gasteiger partial charge >= 0.3 is 5.97 Å². The second-order valence-corrected chi connectivity index (χ2v) is 6.53. The average Bonchev–Trinajstić information content (AvgIpc) is 2.96. The number of carboxylic acids is 1. The highest BCUT2D eigenvalue weighted by Crippen LogP contribution is 2.27. The van der Waals surface area contributed by atoms with Crippen LogP contribution >= 0.6 is 11.3 Å². The topological polar surface area (TPSA) is 79.3 Å². The number of nitrogens with one attached hydrogen (secondary N) is 1. The molecule has 1 heterocycles. The van der Waals surface area contributed by atoms with E-state index in [1.807, 2.05) is 13.8 Å². The lowest BCUT2D eigenvalue weighted by Crippen LogP contribution is -2.41. The van der Waals surface area contributed by atoms with Crippen molar-refractivity contribution < 1.29 is 19.1 Å². The first-order chi connectivity index (χ1) is 10.9. The zero-order valence-corrected chi connectivity index (χ0v) is 13.6. The van der Waals surface area contributed by atoms with Crippen molar-refractivity contribution in [3.8, 4) is 10.6 Å². The SMILES string of the molecule is CC(C)C[C@@H](NC(=O)c1cnc(-c2ccccc2F)s1)C(=O)O. The van der Waals surface area contributed by atoms with Crippen LogP contribution in [-0.4, -0.2) is 28.0 Å². The molecule has 23 heavy (non-hydrogen) atoms. The molecular weight excluding hydrogens is 319 g/mol. The van der Waals surface area contributed by atoms with Gasteiger partial charge in [-0.1, -0.05) is 26.0 Å². The molecule has 0 aliphatic carbocycles. The molecule has 0 saturated heterocycles. The maximum atomic E-state index is 13.7. The number of benzene rings is 1. The van der Waals surface area contributed by atoms with Crippen LogP contribution in [0.1, 0.15) is 29.9 Å². The summed E-state index contributed by atoms with van der Waals surface area (Å²) < 4.78 is 13.7. The fraction of sp³-hybridized carbons (Fsp3) is 0.312. The first kappa shape index (κ1) is 17.1. The number of amides is 1. The first-order valence-corrected chi connectivity index (χ1v) is 7.94. The molecule has 1 atom stereocenters. The summed E-state index contributed by atoms with van der Waals surface area (Å²) in [6.07, 6.45) is 1.66. The Morgan fingerprint density at radius 3 is 2.65 bits per heavy atom. The van der Waals surface area contributed by atoms with E-state index in [1.54, 1.807) is 18.2 Å². The monoisotopic (exact) mass is 336 g/mol. The summed E-state index contributed by atoms with van der Waals surface area (Å²) in [7, 11) is 0. The third-order valence-electron chi connectivity index (χ3n) is 3.14. The van der Waals surface area contributed by atoms with Crippen LogP contribution in [0.4, 0.5) is 4.39 Å². The van der Waals surface area contributed by atoms with Gasteiger partial charge in [0, 0.05) is 5.56 Å². The van der Waals surface area contributed by atoms with Gasteiger partial charge in [0.25, 0.3) is 5.91 Å². The van der Waals surface area contributed by atoms with Crippen LogP contribution < -0.4 is 5.32 Å². The lowest BCUT2D eigenvalue weighted by Gasteiger charge is -2.15. The van der Waals surface area contributed by atoms with E-state index in [1.165, 1.54) is 12.3 Å². The summed E-state index contributed by atoms with van der Waals surface area (Å²) >= 11 is 1.02. The molecule has 122 valence electrons. The summed E-state index contributed by atoms with van der Waals surface area (Å²) in [6, 6.07) is 5.20. The van der Waals surface area contributed by atoms with E-state index in [9.17, 15) is 14.0 Å². The number of carbonyl (C=O) groups is 2. The second kappa shape index (κ2) is 7.32. The molecule has 2 N–H and O–H groups in total. The Morgan fingerprint density at radius 2 is 2.04 bits per heavy atom. The average molecular weight is 336 g/mol. The van der Waals surface area contributed by atoms with Crippen molar-refractivity contribution in [3.05, 3.63) is 41.2 Å². The van der Waals surface area contributed by atoms with E-state index in [0.29, 0.717) is 17.0 Å². The smallest absolute Gasteiger partial charge is 0.326 e. The van der Waals surface area contributed by atoms with Crippen molar-refractivity contribution >= 4 is 23.2 Å². The third kappa shape index (κ3) is 4.35. The summed E-state index contributed by atoms with van der Waals surface area (Å²) in [6.45, 7) is 3.76. The molecule has 1 aromatic heterocycles. The zero-order valence-electron chi connectivity index (χ0n) is 12.7. The van der Waals surface area contributed by atoms with Crippen molar-refractivity contribution in [2.45, 2.75) is 26.3 Å². The predicted octanol–water partition coefficient (Wildman–Crippen LogP) is 3.18. The number of aromatic nitrogens is 1. The van der Waals surface area contributed by atoms with Crippen LogP contribution in [0.3, 0.4) is 0 Å². The minimum atomic E-state index is -1.08. The molecule has 0 bridgehead atoms. The van der Waals surface area contributed by atoms with Crippen LogP contribution in [0.5, 0.6) is 0 Å². The summed E-state index contributed by atoms with van der Waals surface area (Å²) in [5.74, 6) is -1.88. The van der Waals surface area contributed by atoms with Crippen molar-refractivity contribution in [1.29, 1.82) is 0 Å². The van der Waals surface area contributed by atoms with Crippen LogP contribution in [0.25, 0.3) is 10.6 Å². The van der Waals surface area contributed by atoms with Gasteiger partial charge < -0.3 is 10.4 Å². The highest BCUT2D eigenvalue weighted by Gasteiger charge is 2.23. The number of halogens is 1. The normalized spacial score (nSPS) is 12.2. The molecule has 1 aromatic carbocycles. The zero-order chi connectivity index (χ0) is 17.0. The van der Waals surface area contributed by atoms with Gasteiger partial charge in [-0.3, -0.25) is 4.79 Å². The number of rotatable bonds is 6. The fourth-order valence-electron chi connectivity index (χ4n) is 2.06. The molecule has 2 aromatic rings. The largest absolute Gasteiger partial charge is 0.480 e. The van der Waals surface area contributed by atoms with Crippen LogP contribution in [-0.2, 0) is 4.79 Å². The highest BCUT2D eigenvalue weighted by molar-refractivity contribution is 7.16. The van der Waals surface area contributed by atoms with E-state index in [2.05, 4.69) is 10.3 Å². The van der Waals surface area contributed by atoms with Gasteiger partial charge in [0.2, 0.25) is 0 Å². The molecule has 0 spiro atoms. The van der Waals surface area contributed by atoms with Crippen LogP contribution in [0.15, 0.2) is 30.5 Å². The molecule has 2 rings (SSSR count). The molecular formula is C16H17FN2O3S. The van der Waals surface area contributed by atoms with Gasteiger partial charge in [-0.2, -0.15) is 0 Å². The highest BCUT2D eigenvalue weighted by atomic mass is 32.1. The van der Waals surface area contributed by atoms with Crippen LogP contribution in [0.2, 0.25) is 0 Å². The Hall–Kier alpha value is -2.28. The van der Waals surface area contributed by atoms with E-state index in [4.69, 9.17) is 5.11 Å². The third-order valence-corrected chi connectivity index (χ3v) is 4.17. The second-order valence-electron chi connectivity index (χ2n) is 5.50. The Kier molecular flexibility index (Phi) is 5.44. The number of hydrogen-bond donors (Lipinski definition) is 2. The number of hydrogen-bond acceptors (Lipinski definition) is 4. The number of nitrogens with zero attached hydrogens (tertiary/aromatic N) is 1. The maximum absolute atomic E-state index is 13.7. The fourth-order valence-corrected chi connectivity index (χ4v) is 2.91. The van der Waals surface area contributed by atoms with Gasteiger partial charge in [0.05, 0.1) is 6.20 Å². The van der Waals surface area contributed by atoms with Crippen molar-refractivity contribution in [1.82, 2.24) is 10.3 Å². The number of aliphatic carboxylic acids is 1. The maximum Gasteiger partial charge on any atom is 0.326 e. The van der Waals surface area contributed by atoms with E-state index < -0.39 is 23.7 Å². The Morgan fingerprint density at radius 1 is 1.35 bits per heavy atom. The lowest BCUT2D eigenvalue weighted by molar-refractivity contribution is -0.139. The molecule has 1 amide bonds. The van der Waals surface area contributed by atoms with Crippen LogP contribution in [0, 0.1) is 11.7 Å². The summed E-state index contributed by atoms with van der Waals surface area (Å²) in [4.78, 5) is 27.7. The minimum Gasteiger partial charge on any atom is -0.480 e. The van der Waals surface area contributed by atoms with Gasteiger partial charge in [-0.15, -0.1) is 11.3 Å². The molecule has 5 nitrogen and oxygen atoms in total. The van der Waals surface area contributed by atoms with Gasteiger partial charge in [0.15, 0.2) is 0 Å². The number of thiazole rings is 1. The molecule has 0 fully saturated rings. The molecule has 0 saturated carbocycles. The van der Waals surface area contributed by atoms with Crippen molar-refractivity contribution in [2.75, 3.05) is 0 Å². The molecule has 7 heteroatoms. The predicted molar refractivity (Wildman–Crippen MR) is 85.9 cm³/mol. The van der Waals surface area contributed by atoms with E-state index in [0.717, 1.165) is 11.3 Å². The van der Waals surface area contributed by atoms with Gasteiger partial charge in [0.1, 0.15) is 21.7 Å². The van der Waals surface area contributed by atoms with Gasteiger partial charge in [-0.25, -0.2) is 14.2 Å². The van der Waals surface area contributed by atoms with E-state index >= 15 is 0 Å². The first-order valence-electron chi connectivity index (χ1n) is 7.13. The summed E-state index contributed by atoms with van der Waals surface area (Å²) in [5, 5.41) is 12.0. The quantitative estimate of drug-likeness (QED) is 0.849. The number of carbonyl (C=O) groups excluding carboxylic acids is 1. The Balaban J connectivity index is 2.15. The Labute approximate surface area is 137 Å². The molecule has 0 radical (unpaired) electrons. The molecule has 0 aliphatic heterocycles. The van der Waals surface area contributed by atoms with Gasteiger partial charge in [-0.05, 0) is 24.5 Å². The standard InChI is InChI=1S/C16H17FN2O3S/c1-9(2)7-12(16(21)22)19-14(20)13-8-18-15(23-13)10-5-3-4-6-11(10)17/h3-6,8-9,12H,7H2,1-2H3,(H,19,20)(H,21,22)/t12-/m1/s1. The van der Waals surface area contributed by atoms with Crippen molar-refractivity contribution in [3.63, 3.8) is 0 Å². The lowest BCUT2D eigenvalue weighted by atomic mass is 10.0. The molecule has 0 unspecified atom stereocenters.